The van der Waals surface area contributed by atoms with Crippen LogP contribution in [0.25, 0.3) is 11.7 Å². The summed E-state index contributed by atoms with van der Waals surface area (Å²) in [6.45, 7) is 8.39. The predicted octanol–water partition coefficient (Wildman–Crippen LogP) is 2.82. The van der Waals surface area contributed by atoms with Gasteiger partial charge in [0, 0.05) is 19.3 Å². The van der Waals surface area contributed by atoms with Crippen molar-refractivity contribution in [3.8, 4) is 0 Å². The zero-order chi connectivity index (χ0) is 18.8. The molecule has 1 amide bonds. The Bertz CT molecular complexity index is 1010. The minimum Gasteiger partial charge on any atom is -0.366 e. The van der Waals surface area contributed by atoms with E-state index in [1.807, 2.05) is 19.9 Å². The SMILES string of the molecule is C=CCNc1nc2c(C)cccn2c(=O)c1/C=C1\SC(=S)N(CC)C1=O. The molecule has 3 rings (SSSR count). The standard InChI is InChI=1S/C18H18N4O2S2/c1-4-8-19-14-12(10-13-17(24)21(5-2)18(25)26-13)16(23)22-9-6-7-11(3)15(22)20-14/h4,6-7,9-10,19H,1,5,8H2,2-3H3/b13-10-. The number of aryl methyl sites for hydroxylation is 1. The molecular weight excluding hydrogens is 368 g/mol. The molecule has 1 saturated heterocycles. The number of rotatable bonds is 5. The van der Waals surface area contributed by atoms with E-state index >= 15 is 0 Å². The van der Waals surface area contributed by atoms with E-state index in [-0.39, 0.29) is 11.5 Å². The third-order valence-electron chi connectivity index (χ3n) is 3.96. The van der Waals surface area contributed by atoms with E-state index < -0.39 is 0 Å². The molecule has 1 aliphatic heterocycles. The third kappa shape index (κ3) is 3.17. The van der Waals surface area contributed by atoms with Gasteiger partial charge in [0.05, 0.1) is 10.5 Å². The molecule has 6 nitrogen and oxygen atoms in total. The summed E-state index contributed by atoms with van der Waals surface area (Å²) in [5.74, 6) is 0.233. The molecular formula is C18H18N4O2S2. The predicted molar refractivity (Wildman–Crippen MR) is 110 cm³/mol. The Labute approximate surface area is 160 Å². The van der Waals surface area contributed by atoms with Crippen LogP contribution in [-0.2, 0) is 4.79 Å². The van der Waals surface area contributed by atoms with Gasteiger partial charge in [-0.2, -0.15) is 0 Å². The summed E-state index contributed by atoms with van der Waals surface area (Å²) >= 11 is 6.44. The van der Waals surface area contributed by atoms with Crippen LogP contribution in [0.3, 0.4) is 0 Å². The average Bonchev–Trinajstić information content (AvgIpc) is 2.89. The molecule has 1 aliphatic rings. The van der Waals surface area contributed by atoms with Crippen LogP contribution in [0.1, 0.15) is 18.1 Å². The number of pyridine rings is 1. The first-order valence-electron chi connectivity index (χ1n) is 8.10. The van der Waals surface area contributed by atoms with Crippen molar-refractivity contribution in [2.24, 2.45) is 0 Å². The number of likely N-dealkylation sites (N-methyl/N-ethyl adjacent to an activating group) is 1. The van der Waals surface area contributed by atoms with Crippen LogP contribution in [0.2, 0.25) is 0 Å². The number of thiocarbonyl (C=S) groups is 1. The van der Waals surface area contributed by atoms with Gasteiger partial charge in [0.15, 0.2) is 0 Å². The van der Waals surface area contributed by atoms with E-state index in [1.54, 1.807) is 24.4 Å². The maximum atomic E-state index is 13.0. The summed E-state index contributed by atoms with van der Waals surface area (Å²) in [6, 6.07) is 3.69. The highest BCUT2D eigenvalue weighted by Gasteiger charge is 2.31. The van der Waals surface area contributed by atoms with E-state index in [4.69, 9.17) is 12.2 Å². The molecule has 0 saturated carbocycles. The van der Waals surface area contributed by atoms with Gasteiger partial charge in [0.25, 0.3) is 11.5 Å². The molecule has 2 aromatic rings. The summed E-state index contributed by atoms with van der Waals surface area (Å²) in [6.07, 6.45) is 4.93. The Morgan fingerprint density at radius 3 is 2.85 bits per heavy atom. The molecule has 8 heteroatoms. The van der Waals surface area contributed by atoms with Gasteiger partial charge >= 0.3 is 0 Å². The first kappa shape index (κ1) is 18.3. The van der Waals surface area contributed by atoms with E-state index in [0.29, 0.717) is 39.3 Å². The topological polar surface area (TPSA) is 66.7 Å². The molecule has 0 bridgehead atoms. The van der Waals surface area contributed by atoms with Crippen LogP contribution in [0.15, 0.2) is 40.7 Å². The van der Waals surface area contributed by atoms with Gasteiger partial charge < -0.3 is 5.32 Å². The van der Waals surface area contributed by atoms with Gasteiger partial charge in [0.1, 0.15) is 15.8 Å². The van der Waals surface area contributed by atoms with Gasteiger partial charge in [0.2, 0.25) is 0 Å². The Hall–Kier alpha value is -2.45. The van der Waals surface area contributed by atoms with Gasteiger partial charge in [-0.1, -0.05) is 36.1 Å². The Morgan fingerprint density at radius 2 is 2.19 bits per heavy atom. The number of hydrogen-bond donors (Lipinski definition) is 1. The number of nitrogens with zero attached hydrogens (tertiary/aromatic N) is 3. The number of anilines is 1. The summed E-state index contributed by atoms with van der Waals surface area (Å²) in [5, 5.41) is 3.09. The Morgan fingerprint density at radius 1 is 1.42 bits per heavy atom. The van der Waals surface area contributed by atoms with Crippen LogP contribution < -0.4 is 10.9 Å². The maximum Gasteiger partial charge on any atom is 0.267 e. The largest absolute Gasteiger partial charge is 0.366 e. The van der Waals surface area contributed by atoms with Gasteiger partial charge in [-0.3, -0.25) is 18.9 Å². The summed E-state index contributed by atoms with van der Waals surface area (Å²) in [4.78, 5) is 32.1. The average molecular weight is 387 g/mol. The van der Waals surface area contributed by atoms with Crippen molar-refractivity contribution in [2.45, 2.75) is 13.8 Å². The molecule has 0 aromatic carbocycles. The quantitative estimate of drug-likeness (QED) is 0.484. The van der Waals surface area contributed by atoms with E-state index in [2.05, 4.69) is 16.9 Å². The first-order chi connectivity index (χ1) is 12.5. The normalized spacial score (nSPS) is 15.9. The van der Waals surface area contributed by atoms with Crippen LogP contribution in [-0.4, -0.2) is 37.6 Å². The van der Waals surface area contributed by atoms with Crippen molar-refractivity contribution in [1.29, 1.82) is 0 Å². The number of thioether (sulfide) groups is 1. The highest BCUT2D eigenvalue weighted by atomic mass is 32.2. The van der Waals surface area contributed by atoms with E-state index in [1.165, 1.54) is 21.1 Å². The second-order valence-electron chi connectivity index (χ2n) is 5.66. The van der Waals surface area contributed by atoms with Crippen molar-refractivity contribution in [3.05, 3.63) is 57.4 Å². The van der Waals surface area contributed by atoms with Gasteiger partial charge in [-0.05, 0) is 31.6 Å². The molecule has 0 atom stereocenters. The molecule has 1 N–H and O–H groups in total. The smallest absolute Gasteiger partial charge is 0.267 e. The van der Waals surface area contributed by atoms with Crippen molar-refractivity contribution >= 4 is 51.7 Å². The lowest BCUT2D eigenvalue weighted by Gasteiger charge is -2.11. The molecule has 1 fully saturated rings. The summed E-state index contributed by atoms with van der Waals surface area (Å²) < 4.78 is 1.98. The fourth-order valence-electron chi connectivity index (χ4n) is 2.65. The first-order valence-corrected chi connectivity index (χ1v) is 9.32. The molecule has 0 aliphatic carbocycles. The van der Waals surface area contributed by atoms with Gasteiger partial charge in [-0.25, -0.2) is 4.98 Å². The zero-order valence-corrected chi connectivity index (χ0v) is 16.1. The van der Waals surface area contributed by atoms with Gasteiger partial charge in [-0.15, -0.1) is 6.58 Å². The molecule has 3 heterocycles. The number of carbonyl (C=O) groups is 1. The number of aromatic nitrogens is 2. The highest BCUT2D eigenvalue weighted by molar-refractivity contribution is 8.26. The second-order valence-corrected chi connectivity index (χ2v) is 7.34. The fraction of sp³-hybridized carbons (Fsp3) is 0.222. The zero-order valence-electron chi connectivity index (χ0n) is 14.5. The number of hydrogen-bond acceptors (Lipinski definition) is 6. The number of carbonyl (C=O) groups excluding carboxylic acids is 1. The number of fused-ring (bicyclic) bond motifs is 1. The lowest BCUT2D eigenvalue weighted by Crippen LogP contribution is -2.27. The summed E-state index contributed by atoms with van der Waals surface area (Å²) in [5.41, 5.74) is 1.54. The van der Waals surface area contributed by atoms with Crippen LogP contribution in [0.4, 0.5) is 5.82 Å². The van der Waals surface area contributed by atoms with Crippen molar-refractivity contribution in [3.63, 3.8) is 0 Å². The van der Waals surface area contributed by atoms with Crippen molar-refractivity contribution in [1.82, 2.24) is 14.3 Å². The highest BCUT2D eigenvalue weighted by Crippen LogP contribution is 2.32. The molecule has 0 spiro atoms. The maximum absolute atomic E-state index is 13.0. The number of nitrogens with one attached hydrogen (secondary N) is 1. The van der Waals surface area contributed by atoms with Crippen LogP contribution >= 0.6 is 24.0 Å². The molecule has 0 unspecified atom stereocenters. The van der Waals surface area contributed by atoms with Crippen molar-refractivity contribution in [2.75, 3.05) is 18.4 Å². The lowest BCUT2D eigenvalue weighted by atomic mass is 10.2. The molecule has 2 aromatic heterocycles. The minimum atomic E-state index is -0.243. The van der Waals surface area contributed by atoms with E-state index in [9.17, 15) is 9.59 Å². The minimum absolute atomic E-state index is 0.189. The molecule has 0 radical (unpaired) electrons. The van der Waals surface area contributed by atoms with Crippen molar-refractivity contribution < 1.29 is 4.79 Å². The Kier molecular flexibility index (Phi) is 5.24. The van der Waals surface area contributed by atoms with Crippen LogP contribution in [0, 0.1) is 6.92 Å². The fourth-order valence-corrected chi connectivity index (χ4v) is 4.02. The molecule has 134 valence electrons. The van der Waals surface area contributed by atoms with E-state index in [0.717, 1.165) is 5.56 Å². The summed E-state index contributed by atoms with van der Waals surface area (Å²) in [7, 11) is 0. The lowest BCUT2D eigenvalue weighted by molar-refractivity contribution is -0.121. The second kappa shape index (κ2) is 7.43. The Balaban J connectivity index is 2.21. The number of amides is 1. The third-order valence-corrected chi connectivity index (χ3v) is 5.34. The molecule has 26 heavy (non-hydrogen) atoms. The van der Waals surface area contributed by atoms with Crippen LogP contribution in [0.5, 0.6) is 0 Å². The monoisotopic (exact) mass is 386 g/mol.